The van der Waals surface area contributed by atoms with E-state index in [1.165, 1.54) is 0 Å². The predicted octanol–water partition coefficient (Wildman–Crippen LogP) is 0.650. The van der Waals surface area contributed by atoms with Crippen LogP contribution < -0.4 is 5.73 Å². The molecule has 0 spiro atoms. The van der Waals surface area contributed by atoms with Crippen molar-refractivity contribution < 1.29 is 8.42 Å². The van der Waals surface area contributed by atoms with Crippen LogP contribution in [0.4, 0.5) is 0 Å². The molecule has 1 aliphatic rings. The molecule has 0 atom stereocenters. The summed E-state index contributed by atoms with van der Waals surface area (Å²) in [5.74, 6) is 0. The Hall–Kier alpha value is -0.950. The van der Waals surface area contributed by atoms with Gasteiger partial charge in [-0.25, -0.2) is 8.42 Å². The van der Waals surface area contributed by atoms with Crippen molar-refractivity contribution in [3.05, 3.63) is 29.8 Å². The van der Waals surface area contributed by atoms with E-state index in [1.54, 1.807) is 22.5 Å². The first kappa shape index (κ1) is 15.4. The van der Waals surface area contributed by atoms with Gasteiger partial charge in [0.1, 0.15) is 0 Å². The molecule has 0 aromatic heterocycles. The monoisotopic (exact) mass is 297 g/mol. The van der Waals surface area contributed by atoms with Crippen LogP contribution in [-0.2, 0) is 10.0 Å². The summed E-state index contributed by atoms with van der Waals surface area (Å²) in [7, 11) is -3.37. The molecule has 1 aromatic rings. The predicted molar refractivity (Wildman–Crippen MR) is 80.0 cm³/mol. The number of nitrogens with two attached hydrogens (primary N) is 1. The van der Waals surface area contributed by atoms with E-state index in [0.29, 0.717) is 24.5 Å². The molecule has 1 aromatic carbocycles. The van der Waals surface area contributed by atoms with Crippen molar-refractivity contribution in [3.63, 3.8) is 0 Å². The Kier molecular flexibility index (Phi) is 5.15. The summed E-state index contributed by atoms with van der Waals surface area (Å²) in [6.45, 7) is 6.14. The third kappa shape index (κ3) is 3.58. The van der Waals surface area contributed by atoms with Crippen LogP contribution in [0.15, 0.2) is 29.2 Å². The Labute approximate surface area is 121 Å². The highest BCUT2D eigenvalue weighted by Gasteiger charge is 2.26. The van der Waals surface area contributed by atoms with Crippen LogP contribution in [0.2, 0.25) is 0 Å². The highest BCUT2D eigenvalue weighted by Crippen LogP contribution is 2.18. The van der Waals surface area contributed by atoms with E-state index in [-0.39, 0.29) is 0 Å². The largest absolute Gasteiger partial charge is 0.329 e. The molecular formula is C14H23N3O2S. The topological polar surface area (TPSA) is 66.6 Å². The van der Waals surface area contributed by atoms with Gasteiger partial charge >= 0.3 is 0 Å². The van der Waals surface area contributed by atoms with Gasteiger partial charge in [-0.2, -0.15) is 4.31 Å². The van der Waals surface area contributed by atoms with Crippen molar-refractivity contribution in [2.45, 2.75) is 18.2 Å². The maximum absolute atomic E-state index is 12.6. The fraction of sp³-hybridized carbons (Fsp3) is 0.571. The molecule has 1 fully saturated rings. The zero-order chi connectivity index (χ0) is 14.6. The Morgan fingerprint density at radius 3 is 2.70 bits per heavy atom. The maximum atomic E-state index is 12.6. The number of hydrogen-bond donors (Lipinski definition) is 1. The second kappa shape index (κ2) is 6.67. The second-order valence-electron chi connectivity index (χ2n) is 5.20. The van der Waals surface area contributed by atoms with E-state index in [0.717, 1.165) is 31.6 Å². The standard InChI is InChI=1S/C14H23N3O2S/c1-13-4-2-5-14(12-13)20(18,19)17-8-3-7-16(9-6-15)10-11-17/h2,4-5,12H,3,6-11,15H2,1H3. The fourth-order valence-corrected chi connectivity index (χ4v) is 4.09. The number of nitrogens with zero attached hydrogens (tertiary/aromatic N) is 2. The van der Waals surface area contributed by atoms with Gasteiger partial charge in [-0.3, -0.25) is 0 Å². The molecule has 0 aliphatic carbocycles. The van der Waals surface area contributed by atoms with Gasteiger partial charge < -0.3 is 10.6 Å². The first-order chi connectivity index (χ1) is 9.54. The molecule has 0 amide bonds. The summed E-state index contributed by atoms with van der Waals surface area (Å²) in [6.07, 6.45) is 0.852. The molecule has 0 unspecified atom stereocenters. The molecule has 6 heteroatoms. The van der Waals surface area contributed by atoms with Crippen LogP contribution in [0.1, 0.15) is 12.0 Å². The van der Waals surface area contributed by atoms with Gasteiger partial charge in [-0.1, -0.05) is 12.1 Å². The van der Waals surface area contributed by atoms with Crippen molar-refractivity contribution >= 4 is 10.0 Å². The van der Waals surface area contributed by atoms with E-state index in [2.05, 4.69) is 4.90 Å². The smallest absolute Gasteiger partial charge is 0.243 e. The normalized spacial score (nSPS) is 18.9. The van der Waals surface area contributed by atoms with Crippen LogP contribution in [-0.4, -0.2) is 56.9 Å². The zero-order valence-electron chi connectivity index (χ0n) is 12.0. The average molecular weight is 297 g/mol. The van der Waals surface area contributed by atoms with Crippen LogP contribution in [0.3, 0.4) is 0 Å². The Balaban J connectivity index is 2.14. The zero-order valence-corrected chi connectivity index (χ0v) is 12.8. The minimum atomic E-state index is -3.37. The van der Waals surface area contributed by atoms with E-state index in [1.807, 2.05) is 13.0 Å². The summed E-state index contributed by atoms with van der Waals surface area (Å²) in [5.41, 5.74) is 6.53. The molecule has 0 bridgehead atoms. The summed E-state index contributed by atoms with van der Waals surface area (Å²) in [5, 5.41) is 0. The fourth-order valence-electron chi connectivity index (χ4n) is 2.52. The highest BCUT2D eigenvalue weighted by molar-refractivity contribution is 7.89. The van der Waals surface area contributed by atoms with Crippen molar-refractivity contribution in [1.82, 2.24) is 9.21 Å². The lowest BCUT2D eigenvalue weighted by Gasteiger charge is -2.21. The third-order valence-corrected chi connectivity index (χ3v) is 5.51. The van der Waals surface area contributed by atoms with Gasteiger partial charge in [0.05, 0.1) is 4.90 Å². The van der Waals surface area contributed by atoms with Gasteiger partial charge in [0.15, 0.2) is 0 Å². The van der Waals surface area contributed by atoms with Gasteiger partial charge in [0.25, 0.3) is 0 Å². The Bertz CT molecular complexity index is 545. The molecule has 5 nitrogen and oxygen atoms in total. The summed E-state index contributed by atoms with van der Waals surface area (Å²) in [4.78, 5) is 2.62. The van der Waals surface area contributed by atoms with Crippen LogP contribution in [0.5, 0.6) is 0 Å². The molecule has 1 heterocycles. The molecule has 2 rings (SSSR count). The SMILES string of the molecule is Cc1cccc(S(=O)(=O)N2CCCN(CCN)CC2)c1. The molecule has 1 saturated heterocycles. The van der Waals surface area contributed by atoms with E-state index in [9.17, 15) is 8.42 Å². The van der Waals surface area contributed by atoms with Crippen molar-refractivity contribution in [3.8, 4) is 0 Å². The lowest BCUT2D eigenvalue weighted by molar-refractivity contribution is 0.294. The number of sulfonamides is 1. The molecule has 20 heavy (non-hydrogen) atoms. The average Bonchev–Trinajstić information content (AvgIpc) is 2.65. The van der Waals surface area contributed by atoms with Crippen molar-refractivity contribution in [2.24, 2.45) is 5.73 Å². The first-order valence-corrected chi connectivity index (χ1v) is 8.47. The lowest BCUT2D eigenvalue weighted by Crippen LogP contribution is -2.36. The van der Waals surface area contributed by atoms with E-state index < -0.39 is 10.0 Å². The van der Waals surface area contributed by atoms with Gasteiger partial charge in [-0.15, -0.1) is 0 Å². The van der Waals surface area contributed by atoms with Crippen LogP contribution >= 0.6 is 0 Å². The maximum Gasteiger partial charge on any atom is 0.243 e. The number of benzene rings is 1. The molecule has 0 radical (unpaired) electrons. The van der Waals surface area contributed by atoms with Gasteiger partial charge in [0.2, 0.25) is 10.0 Å². The van der Waals surface area contributed by atoms with Crippen molar-refractivity contribution in [2.75, 3.05) is 39.3 Å². The van der Waals surface area contributed by atoms with E-state index in [4.69, 9.17) is 5.73 Å². The highest BCUT2D eigenvalue weighted by atomic mass is 32.2. The molecule has 1 aliphatic heterocycles. The Morgan fingerprint density at radius 2 is 2.00 bits per heavy atom. The molecular weight excluding hydrogens is 274 g/mol. The third-order valence-electron chi connectivity index (χ3n) is 3.62. The Morgan fingerprint density at radius 1 is 1.20 bits per heavy atom. The minimum absolute atomic E-state index is 0.393. The summed E-state index contributed by atoms with van der Waals surface area (Å²) < 4.78 is 26.9. The number of hydrogen-bond acceptors (Lipinski definition) is 4. The van der Waals surface area contributed by atoms with E-state index >= 15 is 0 Å². The summed E-state index contributed by atoms with van der Waals surface area (Å²) >= 11 is 0. The molecule has 2 N–H and O–H groups in total. The number of aryl methyl sites for hydroxylation is 1. The van der Waals surface area contributed by atoms with Crippen LogP contribution in [0.25, 0.3) is 0 Å². The van der Waals surface area contributed by atoms with Crippen LogP contribution in [0, 0.1) is 6.92 Å². The van der Waals surface area contributed by atoms with Gasteiger partial charge in [-0.05, 0) is 37.6 Å². The minimum Gasteiger partial charge on any atom is -0.329 e. The summed E-state index contributed by atoms with van der Waals surface area (Å²) in [6, 6.07) is 7.11. The quantitative estimate of drug-likeness (QED) is 0.886. The lowest BCUT2D eigenvalue weighted by atomic mass is 10.2. The number of rotatable bonds is 4. The molecule has 0 saturated carbocycles. The van der Waals surface area contributed by atoms with Crippen molar-refractivity contribution in [1.29, 1.82) is 0 Å². The first-order valence-electron chi connectivity index (χ1n) is 7.03. The van der Waals surface area contributed by atoms with Gasteiger partial charge in [0, 0.05) is 32.7 Å². The second-order valence-corrected chi connectivity index (χ2v) is 7.14. The molecule has 112 valence electrons.